The van der Waals surface area contributed by atoms with Crippen LogP contribution in [0.3, 0.4) is 0 Å². The van der Waals surface area contributed by atoms with Crippen molar-refractivity contribution in [1.29, 1.82) is 5.26 Å². The summed E-state index contributed by atoms with van der Waals surface area (Å²) < 4.78 is 28.6. The lowest BCUT2D eigenvalue weighted by molar-refractivity contribution is -0.147. The molecule has 50 heavy (non-hydrogen) atoms. The first kappa shape index (κ1) is 33.3. The van der Waals surface area contributed by atoms with E-state index < -0.39 is 5.82 Å². The van der Waals surface area contributed by atoms with Crippen LogP contribution in [0.5, 0.6) is 6.01 Å². The summed E-state index contributed by atoms with van der Waals surface area (Å²) in [6, 6.07) is 23.7. The number of fused-ring (bicyclic) bond motifs is 2. The van der Waals surface area contributed by atoms with Crippen molar-refractivity contribution in [2.45, 2.75) is 44.9 Å². The Morgan fingerprint density at radius 1 is 1.02 bits per heavy atom. The second-order valence-corrected chi connectivity index (χ2v) is 13.2. The standard InChI is InChI=1S/C39H40FN7O3/c1-26-9-6-12-28-13-7-15-31(34(26)28)36-35(40)37-32(21-42-36)38(44-39(43-37)50-25-30-14-8-18-45(30)2)47-20-19-46(29(22-47)16-17-41)23-33(48)49-24-27-10-4-3-5-11-27/h3-7,9-13,15,21,29-30H,8,14,16,18-20,22-25H2,1-2H3/t29-,30+/m0/s1. The molecule has 0 N–H and O–H groups in total. The van der Waals surface area contributed by atoms with Crippen molar-refractivity contribution in [2.75, 3.05) is 51.3 Å². The van der Waals surface area contributed by atoms with Gasteiger partial charge in [0, 0.05) is 43.5 Å². The van der Waals surface area contributed by atoms with Crippen LogP contribution in [0.15, 0.2) is 72.9 Å². The third-order valence-corrected chi connectivity index (χ3v) is 9.89. The zero-order chi connectivity index (χ0) is 34.6. The predicted molar refractivity (Wildman–Crippen MR) is 190 cm³/mol. The van der Waals surface area contributed by atoms with Gasteiger partial charge < -0.3 is 19.3 Å². The van der Waals surface area contributed by atoms with Crippen LogP contribution in [0.25, 0.3) is 32.9 Å². The van der Waals surface area contributed by atoms with E-state index >= 15 is 4.39 Å². The minimum atomic E-state index is -0.543. The number of carbonyl (C=O) groups is 1. The highest BCUT2D eigenvalue weighted by Crippen LogP contribution is 2.36. The minimum Gasteiger partial charge on any atom is -0.462 e. The quantitative estimate of drug-likeness (QED) is 0.166. The number of nitriles is 1. The molecular formula is C39H40FN7O3. The maximum absolute atomic E-state index is 16.8. The van der Waals surface area contributed by atoms with E-state index in [0.717, 1.165) is 41.3 Å². The van der Waals surface area contributed by atoms with Crippen LogP contribution in [-0.2, 0) is 16.1 Å². The number of rotatable bonds is 10. The molecule has 4 heterocycles. The molecule has 2 atom stereocenters. The van der Waals surface area contributed by atoms with Gasteiger partial charge in [-0.05, 0) is 55.3 Å². The van der Waals surface area contributed by atoms with Gasteiger partial charge >= 0.3 is 12.0 Å². The van der Waals surface area contributed by atoms with Gasteiger partial charge in [-0.1, -0.05) is 66.7 Å². The normalized spacial score (nSPS) is 18.4. The van der Waals surface area contributed by atoms with E-state index in [4.69, 9.17) is 14.5 Å². The van der Waals surface area contributed by atoms with Crippen LogP contribution in [0.2, 0.25) is 0 Å². The van der Waals surface area contributed by atoms with Crippen molar-refractivity contribution in [3.63, 3.8) is 0 Å². The summed E-state index contributed by atoms with van der Waals surface area (Å²) in [7, 11) is 2.07. The zero-order valence-electron chi connectivity index (χ0n) is 28.4. The van der Waals surface area contributed by atoms with E-state index in [1.165, 1.54) is 0 Å². The lowest BCUT2D eigenvalue weighted by Crippen LogP contribution is -2.54. The summed E-state index contributed by atoms with van der Waals surface area (Å²) >= 11 is 0. The summed E-state index contributed by atoms with van der Waals surface area (Å²) in [4.78, 5) is 33.3. The van der Waals surface area contributed by atoms with Gasteiger partial charge in [0.1, 0.15) is 30.2 Å². The average Bonchev–Trinajstić information content (AvgIpc) is 3.55. The molecule has 256 valence electrons. The Morgan fingerprint density at radius 2 is 1.84 bits per heavy atom. The fourth-order valence-electron chi connectivity index (χ4n) is 7.14. The first-order valence-corrected chi connectivity index (χ1v) is 17.1. The number of halogens is 1. The summed E-state index contributed by atoms with van der Waals surface area (Å²) in [6.45, 7) is 5.00. The Hall–Kier alpha value is -5.18. The molecule has 2 fully saturated rings. The molecule has 10 nitrogen and oxygen atoms in total. The molecule has 0 bridgehead atoms. The summed E-state index contributed by atoms with van der Waals surface area (Å²) in [5.41, 5.74) is 2.97. The number of hydrogen-bond acceptors (Lipinski definition) is 10. The number of ether oxygens (including phenoxy) is 2. The number of aromatic nitrogens is 3. The highest BCUT2D eigenvalue weighted by molar-refractivity contribution is 6.00. The Balaban J connectivity index is 1.21. The molecule has 7 rings (SSSR count). The second kappa shape index (κ2) is 14.7. The van der Waals surface area contributed by atoms with Crippen LogP contribution < -0.4 is 9.64 Å². The molecule has 3 aromatic carbocycles. The minimum absolute atomic E-state index is 0.0603. The lowest BCUT2D eigenvalue weighted by atomic mass is 9.97. The first-order valence-electron chi connectivity index (χ1n) is 17.1. The monoisotopic (exact) mass is 673 g/mol. The number of esters is 1. The van der Waals surface area contributed by atoms with Crippen LogP contribution in [-0.4, -0.2) is 89.2 Å². The van der Waals surface area contributed by atoms with Gasteiger partial charge in [-0.25, -0.2) is 4.39 Å². The van der Waals surface area contributed by atoms with Gasteiger partial charge in [0.05, 0.1) is 24.4 Å². The van der Waals surface area contributed by atoms with Crippen molar-refractivity contribution in [3.05, 3.63) is 89.9 Å². The number of anilines is 1. The molecule has 0 radical (unpaired) electrons. The van der Waals surface area contributed by atoms with Crippen LogP contribution in [0.4, 0.5) is 10.2 Å². The van der Waals surface area contributed by atoms with Gasteiger partial charge in [-0.2, -0.15) is 15.2 Å². The smallest absolute Gasteiger partial charge is 0.320 e. The molecule has 2 aliphatic rings. The fourth-order valence-corrected chi connectivity index (χ4v) is 7.14. The third kappa shape index (κ3) is 6.95. The second-order valence-electron chi connectivity index (χ2n) is 13.2. The molecule has 2 aromatic heterocycles. The van der Waals surface area contributed by atoms with Crippen molar-refractivity contribution in [3.8, 4) is 23.3 Å². The van der Waals surface area contributed by atoms with Crippen molar-refractivity contribution in [2.24, 2.45) is 0 Å². The van der Waals surface area contributed by atoms with Crippen molar-refractivity contribution >= 4 is 33.5 Å². The third-order valence-electron chi connectivity index (χ3n) is 9.89. The Kier molecular flexibility index (Phi) is 9.83. The number of likely N-dealkylation sites (N-methyl/N-ethyl adjacent to an activating group) is 1. The molecule has 2 saturated heterocycles. The molecule has 11 heteroatoms. The largest absolute Gasteiger partial charge is 0.462 e. The van der Waals surface area contributed by atoms with E-state index in [1.807, 2.05) is 83.5 Å². The Labute approximate surface area is 291 Å². The van der Waals surface area contributed by atoms with Gasteiger partial charge in [0.15, 0.2) is 5.82 Å². The van der Waals surface area contributed by atoms with Gasteiger partial charge in [0.2, 0.25) is 0 Å². The van der Waals surface area contributed by atoms with Gasteiger partial charge in [0.25, 0.3) is 0 Å². The predicted octanol–water partition coefficient (Wildman–Crippen LogP) is 5.91. The van der Waals surface area contributed by atoms with E-state index in [1.54, 1.807) is 6.20 Å². The molecular weight excluding hydrogens is 633 g/mol. The van der Waals surface area contributed by atoms with Crippen LogP contribution in [0.1, 0.15) is 30.4 Å². The molecule has 0 amide bonds. The molecule has 0 spiro atoms. The summed E-state index contributed by atoms with van der Waals surface area (Å²) in [6.07, 6.45) is 3.93. The van der Waals surface area contributed by atoms with Gasteiger partial charge in [-0.15, -0.1) is 0 Å². The number of carbonyl (C=O) groups excluding carboxylic acids is 1. The topological polar surface area (TPSA) is 108 Å². The molecule has 0 unspecified atom stereocenters. The zero-order valence-corrected chi connectivity index (χ0v) is 28.4. The van der Waals surface area contributed by atoms with E-state index in [9.17, 15) is 10.1 Å². The number of likely N-dealkylation sites (tertiary alicyclic amines) is 1. The van der Waals surface area contributed by atoms with Crippen molar-refractivity contribution < 1.29 is 18.7 Å². The fraction of sp³-hybridized carbons (Fsp3) is 0.359. The number of benzene rings is 3. The molecule has 2 aliphatic heterocycles. The number of hydrogen-bond donors (Lipinski definition) is 0. The van der Waals surface area contributed by atoms with E-state index in [-0.39, 0.29) is 54.8 Å². The SMILES string of the molecule is Cc1cccc2cccc(-c3ncc4c(N5CCN(CC(=O)OCc6ccccc6)[C@@H](CC#N)C5)nc(OC[C@H]5CCCN5C)nc4c3F)c12. The Bertz CT molecular complexity index is 2050. The maximum Gasteiger partial charge on any atom is 0.320 e. The van der Waals surface area contributed by atoms with Gasteiger partial charge in [-0.3, -0.25) is 14.7 Å². The molecule has 0 saturated carbocycles. The van der Waals surface area contributed by atoms with E-state index in [2.05, 4.69) is 28.0 Å². The number of piperazine rings is 1. The highest BCUT2D eigenvalue weighted by atomic mass is 19.1. The number of nitrogens with zero attached hydrogens (tertiary/aromatic N) is 7. The number of aryl methyl sites for hydroxylation is 1. The van der Waals surface area contributed by atoms with Crippen molar-refractivity contribution in [1.82, 2.24) is 24.8 Å². The highest BCUT2D eigenvalue weighted by Gasteiger charge is 2.32. The average molecular weight is 674 g/mol. The molecule has 5 aromatic rings. The molecule has 0 aliphatic carbocycles. The summed E-state index contributed by atoms with van der Waals surface area (Å²) in [5.74, 6) is -0.406. The Morgan fingerprint density at radius 3 is 2.62 bits per heavy atom. The maximum atomic E-state index is 16.8. The number of pyridine rings is 1. The van der Waals surface area contributed by atoms with E-state index in [0.29, 0.717) is 43.0 Å². The van der Waals surface area contributed by atoms with Crippen LogP contribution in [0, 0.1) is 24.1 Å². The summed E-state index contributed by atoms with van der Waals surface area (Å²) in [5, 5.41) is 12.1. The van der Waals surface area contributed by atoms with Crippen LogP contribution >= 0.6 is 0 Å². The first-order chi connectivity index (χ1) is 24.4. The lowest BCUT2D eigenvalue weighted by Gasteiger charge is -2.40.